The summed E-state index contributed by atoms with van der Waals surface area (Å²) in [5.74, 6) is 0.918. The van der Waals surface area contributed by atoms with Crippen molar-refractivity contribution >= 4 is 18.3 Å². The van der Waals surface area contributed by atoms with Gasteiger partial charge in [0, 0.05) is 44.7 Å². The second-order valence-electron chi connectivity index (χ2n) is 6.58. The van der Waals surface area contributed by atoms with Crippen LogP contribution in [-0.2, 0) is 4.79 Å². The van der Waals surface area contributed by atoms with Gasteiger partial charge in [-0.25, -0.2) is 0 Å². The maximum absolute atomic E-state index is 12.4. The number of carbonyl (C=O) groups excluding carboxylic acids is 1. The average Bonchev–Trinajstić information content (AvgIpc) is 2.34. The fourth-order valence-electron chi connectivity index (χ4n) is 3.36. The van der Waals surface area contributed by atoms with Crippen LogP contribution in [0.15, 0.2) is 0 Å². The maximum Gasteiger partial charge on any atom is 0.226 e. The molecule has 118 valence electrons. The Balaban J connectivity index is 0.00000200. The van der Waals surface area contributed by atoms with Crippen molar-refractivity contribution in [2.24, 2.45) is 11.3 Å². The summed E-state index contributed by atoms with van der Waals surface area (Å²) in [6.07, 6.45) is 4.44. The Morgan fingerprint density at radius 3 is 2.45 bits per heavy atom. The monoisotopic (exact) mass is 303 g/mol. The van der Waals surface area contributed by atoms with Gasteiger partial charge in [0.2, 0.25) is 5.91 Å². The Hall–Kier alpha value is -0.320. The van der Waals surface area contributed by atoms with Crippen LogP contribution in [0.3, 0.4) is 0 Å². The third-order valence-corrected chi connectivity index (χ3v) is 4.51. The molecule has 0 aromatic carbocycles. The predicted molar refractivity (Wildman–Crippen MR) is 85.3 cm³/mol. The Morgan fingerprint density at radius 1 is 1.30 bits per heavy atom. The van der Waals surface area contributed by atoms with Crippen LogP contribution < -0.4 is 10.6 Å². The molecule has 1 aliphatic heterocycles. The zero-order valence-electron chi connectivity index (χ0n) is 12.9. The first-order valence-corrected chi connectivity index (χ1v) is 7.84. The number of amides is 1. The Labute approximate surface area is 129 Å². The first-order chi connectivity index (χ1) is 9.12. The summed E-state index contributed by atoms with van der Waals surface area (Å²) < 4.78 is 0. The van der Waals surface area contributed by atoms with Crippen LogP contribution in [0.2, 0.25) is 0 Å². The van der Waals surface area contributed by atoms with E-state index in [1.54, 1.807) is 0 Å². The molecule has 0 bridgehead atoms. The van der Waals surface area contributed by atoms with Crippen LogP contribution in [0, 0.1) is 11.3 Å². The maximum atomic E-state index is 12.4. The fourth-order valence-corrected chi connectivity index (χ4v) is 3.36. The molecule has 0 aromatic heterocycles. The van der Waals surface area contributed by atoms with Crippen molar-refractivity contribution in [1.29, 1.82) is 0 Å². The van der Waals surface area contributed by atoms with Gasteiger partial charge in [-0.15, -0.1) is 12.4 Å². The van der Waals surface area contributed by atoms with Crippen LogP contribution in [0.1, 0.15) is 39.5 Å². The van der Waals surface area contributed by atoms with Crippen molar-refractivity contribution in [3.63, 3.8) is 0 Å². The topological polar surface area (TPSA) is 44.4 Å². The number of nitrogens with zero attached hydrogens (tertiary/aromatic N) is 1. The first kappa shape index (κ1) is 17.7. The van der Waals surface area contributed by atoms with Gasteiger partial charge in [0.25, 0.3) is 0 Å². The molecule has 2 aliphatic rings. The van der Waals surface area contributed by atoms with Crippen molar-refractivity contribution in [2.45, 2.75) is 39.5 Å². The summed E-state index contributed by atoms with van der Waals surface area (Å²) in [5.41, 5.74) is -0.0301. The van der Waals surface area contributed by atoms with Gasteiger partial charge in [0.15, 0.2) is 0 Å². The van der Waals surface area contributed by atoms with Crippen LogP contribution >= 0.6 is 12.4 Å². The van der Waals surface area contributed by atoms with Crippen LogP contribution in [0.5, 0.6) is 0 Å². The molecule has 1 aliphatic carbocycles. The highest BCUT2D eigenvalue weighted by Gasteiger charge is 2.43. The SMILES string of the molecule is CC(C)CC1(C(=O)NCCN2CCNCC2)CCC1.Cl. The second kappa shape index (κ2) is 8.20. The van der Waals surface area contributed by atoms with E-state index in [2.05, 4.69) is 29.4 Å². The molecule has 2 N–H and O–H groups in total. The van der Waals surface area contributed by atoms with Crippen molar-refractivity contribution < 1.29 is 4.79 Å². The Morgan fingerprint density at radius 2 is 1.95 bits per heavy atom. The van der Waals surface area contributed by atoms with Crippen molar-refractivity contribution in [3.8, 4) is 0 Å². The average molecular weight is 304 g/mol. The lowest BCUT2D eigenvalue weighted by Crippen LogP contribution is -2.50. The molecule has 0 radical (unpaired) electrons. The van der Waals surface area contributed by atoms with Crippen LogP contribution in [0.4, 0.5) is 0 Å². The van der Waals surface area contributed by atoms with Gasteiger partial charge < -0.3 is 10.6 Å². The summed E-state index contributed by atoms with van der Waals surface area (Å²) in [6.45, 7) is 10.6. The van der Waals surface area contributed by atoms with E-state index in [0.717, 1.165) is 58.5 Å². The zero-order chi connectivity index (χ0) is 13.7. The third kappa shape index (κ3) is 4.61. The van der Waals surface area contributed by atoms with Gasteiger partial charge in [-0.3, -0.25) is 9.69 Å². The fraction of sp³-hybridized carbons (Fsp3) is 0.933. The number of carbonyl (C=O) groups is 1. The number of hydrogen-bond acceptors (Lipinski definition) is 3. The molecule has 1 saturated heterocycles. The van der Waals surface area contributed by atoms with Gasteiger partial charge >= 0.3 is 0 Å². The van der Waals surface area contributed by atoms with Crippen molar-refractivity contribution in [1.82, 2.24) is 15.5 Å². The van der Waals surface area contributed by atoms with E-state index in [4.69, 9.17) is 0 Å². The Bertz CT molecular complexity index is 299. The van der Waals surface area contributed by atoms with Crippen LogP contribution in [0.25, 0.3) is 0 Å². The smallest absolute Gasteiger partial charge is 0.226 e. The molecule has 0 unspecified atom stereocenters. The number of halogens is 1. The molecule has 5 heteroatoms. The lowest BCUT2D eigenvalue weighted by Gasteiger charge is -2.41. The minimum Gasteiger partial charge on any atom is -0.354 e. The molecule has 20 heavy (non-hydrogen) atoms. The summed E-state index contributed by atoms with van der Waals surface area (Å²) in [6, 6.07) is 0. The third-order valence-electron chi connectivity index (χ3n) is 4.51. The zero-order valence-corrected chi connectivity index (χ0v) is 13.7. The molecular formula is C15H30ClN3O. The van der Waals surface area contributed by atoms with Gasteiger partial charge in [0.05, 0.1) is 0 Å². The summed E-state index contributed by atoms with van der Waals surface area (Å²) in [7, 11) is 0. The van der Waals surface area contributed by atoms with Gasteiger partial charge in [-0.05, 0) is 25.2 Å². The van der Waals surface area contributed by atoms with E-state index < -0.39 is 0 Å². The minimum atomic E-state index is -0.0301. The van der Waals surface area contributed by atoms with E-state index >= 15 is 0 Å². The van der Waals surface area contributed by atoms with E-state index in [-0.39, 0.29) is 17.8 Å². The quantitative estimate of drug-likeness (QED) is 0.784. The van der Waals surface area contributed by atoms with Crippen molar-refractivity contribution in [3.05, 3.63) is 0 Å². The van der Waals surface area contributed by atoms with Gasteiger partial charge in [-0.2, -0.15) is 0 Å². The molecule has 4 nitrogen and oxygen atoms in total. The molecule has 1 amide bonds. The molecule has 0 atom stereocenters. The van der Waals surface area contributed by atoms with E-state index in [0.29, 0.717) is 11.8 Å². The minimum absolute atomic E-state index is 0. The normalized spacial score (nSPS) is 21.9. The van der Waals surface area contributed by atoms with E-state index in [1.165, 1.54) is 6.42 Å². The number of nitrogens with one attached hydrogen (secondary N) is 2. The van der Waals surface area contributed by atoms with Crippen molar-refractivity contribution in [2.75, 3.05) is 39.3 Å². The highest BCUT2D eigenvalue weighted by molar-refractivity contribution is 5.85. The number of hydrogen-bond donors (Lipinski definition) is 2. The highest BCUT2D eigenvalue weighted by atomic mass is 35.5. The molecule has 0 aromatic rings. The van der Waals surface area contributed by atoms with Gasteiger partial charge in [-0.1, -0.05) is 20.3 Å². The molecule has 1 saturated carbocycles. The first-order valence-electron chi connectivity index (χ1n) is 7.84. The number of piperazine rings is 1. The van der Waals surface area contributed by atoms with E-state index in [1.807, 2.05) is 0 Å². The summed E-state index contributed by atoms with van der Waals surface area (Å²) >= 11 is 0. The standard InChI is InChI=1S/C15H29N3O.ClH/c1-13(2)12-15(4-3-5-15)14(19)17-8-11-18-9-6-16-7-10-18;/h13,16H,3-12H2,1-2H3,(H,17,19);1H. The lowest BCUT2D eigenvalue weighted by atomic mass is 9.64. The summed E-state index contributed by atoms with van der Waals surface area (Å²) in [4.78, 5) is 14.8. The lowest BCUT2D eigenvalue weighted by molar-refractivity contribution is -0.137. The van der Waals surface area contributed by atoms with Crippen LogP contribution in [-0.4, -0.2) is 50.1 Å². The second-order valence-corrected chi connectivity index (χ2v) is 6.58. The number of rotatable bonds is 6. The van der Waals surface area contributed by atoms with E-state index in [9.17, 15) is 4.79 Å². The highest BCUT2D eigenvalue weighted by Crippen LogP contribution is 2.46. The molecule has 2 rings (SSSR count). The Kier molecular flexibility index (Phi) is 7.27. The molecule has 2 fully saturated rings. The summed E-state index contributed by atoms with van der Waals surface area (Å²) in [5, 5.41) is 6.53. The van der Waals surface area contributed by atoms with Gasteiger partial charge in [0.1, 0.15) is 0 Å². The molecule has 0 spiro atoms. The predicted octanol–water partition coefficient (Wildman–Crippen LogP) is 1.65. The molecule has 1 heterocycles. The largest absolute Gasteiger partial charge is 0.354 e. The molecular weight excluding hydrogens is 274 g/mol.